The molecule has 1 aromatic carbocycles. The Morgan fingerprint density at radius 3 is 2.89 bits per heavy atom. The third-order valence-corrected chi connectivity index (χ3v) is 4.83. The van der Waals surface area contributed by atoms with E-state index in [4.69, 9.17) is 4.74 Å². The van der Waals surface area contributed by atoms with Crippen molar-refractivity contribution in [1.82, 2.24) is 24.4 Å². The molecule has 28 heavy (non-hydrogen) atoms. The zero-order valence-electron chi connectivity index (χ0n) is 15.8. The maximum atomic E-state index is 12.9. The highest BCUT2D eigenvalue weighted by molar-refractivity contribution is 6.01. The van der Waals surface area contributed by atoms with Gasteiger partial charge in [-0.25, -0.2) is 9.50 Å². The van der Waals surface area contributed by atoms with E-state index in [1.54, 1.807) is 27.6 Å². The smallest absolute Gasteiger partial charge is 0.259 e. The fraction of sp³-hybridized carbons (Fsp3) is 0.300. The van der Waals surface area contributed by atoms with Gasteiger partial charge < -0.3 is 14.5 Å². The standard InChI is InChI=1S/C20H21N5O3/c1-14-9-21-19-17(10-22-25(19)11-14)20(27)24-7-6-23(18(26)13-24)12-15-4-3-5-16(8-15)28-2/h3-5,8-11H,6-7,12-13H2,1-2H3. The fourth-order valence-electron chi connectivity index (χ4n) is 3.33. The molecule has 1 fully saturated rings. The Balaban J connectivity index is 1.46. The van der Waals surface area contributed by atoms with Crippen LogP contribution in [0.5, 0.6) is 5.75 Å². The molecule has 0 N–H and O–H groups in total. The lowest BCUT2D eigenvalue weighted by Gasteiger charge is -2.34. The molecule has 0 unspecified atom stereocenters. The average Bonchev–Trinajstić information content (AvgIpc) is 3.12. The molecule has 0 spiro atoms. The van der Waals surface area contributed by atoms with E-state index in [0.717, 1.165) is 16.9 Å². The summed E-state index contributed by atoms with van der Waals surface area (Å²) in [6, 6.07) is 7.64. The molecule has 144 valence electrons. The van der Waals surface area contributed by atoms with Gasteiger partial charge in [-0.2, -0.15) is 5.10 Å². The van der Waals surface area contributed by atoms with Crippen molar-refractivity contribution < 1.29 is 14.3 Å². The molecule has 1 aliphatic heterocycles. The summed E-state index contributed by atoms with van der Waals surface area (Å²) in [4.78, 5) is 33.1. The van der Waals surface area contributed by atoms with Gasteiger partial charge in [0.05, 0.1) is 13.3 Å². The number of nitrogens with zero attached hydrogens (tertiary/aromatic N) is 5. The first-order valence-corrected chi connectivity index (χ1v) is 9.05. The maximum Gasteiger partial charge on any atom is 0.259 e. The SMILES string of the molecule is COc1cccc(CN2CCN(C(=O)c3cnn4cc(C)cnc34)CC2=O)c1. The summed E-state index contributed by atoms with van der Waals surface area (Å²) in [5.74, 6) is 0.456. The van der Waals surface area contributed by atoms with E-state index in [-0.39, 0.29) is 18.4 Å². The van der Waals surface area contributed by atoms with Crippen LogP contribution in [-0.2, 0) is 11.3 Å². The van der Waals surface area contributed by atoms with Crippen molar-refractivity contribution in [3.05, 3.63) is 59.5 Å². The number of hydrogen-bond donors (Lipinski definition) is 0. The molecule has 3 heterocycles. The van der Waals surface area contributed by atoms with Crippen molar-refractivity contribution in [3.8, 4) is 5.75 Å². The highest BCUT2D eigenvalue weighted by Gasteiger charge is 2.29. The van der Waals surface area contributed by atoms with Gasteiger partial charge in [0.1, 0.15) is 17.9 Å². The number of piperazine rings is 1. The topological polar surface area (TPSA) is 80.0 Å². The minimum atomic E-state index is -0.222. The first-order chi connectivity index (χ1) is 13.5. The number of benzene rings is 1. The monoisotopic (exact) mass is 379 g/mol. The third kappa shape index (κ3) is 3.40. The third-order valence-electron chi connectivity index (χ3n) is 4.83. The predicted octanol–water partition coefficient (Wildman–Crippen LogP) is 1.53. The van der Waals surface area contributed by atoms with Gasteiger partial charge >= 0.3 is 0 Å². The van der Waals surface area contributed by atoms with Crippen LogP contribution in [0, 0.1) is 6.92 Å². The number of rotatable bonds is 4. The molecular weight excluding hydrogens is 358 g/mol. The van der Waals surface area contributed by atoms with Gasteiger partial charge in [0.25, 0.3) is 5.91 Å². The first-order valence-electron chi connectivity index (χ1n) is 9.05. The molecule has 1 saturated heterocycles. The number of fused-ring (bicyclic) bond motifs is 1. The summed E-state index contributed by atoms with van der Waals surface area (Å²) < 4.78 is 6.82. The first kappa shape index (κ1) is 18.0. The Kier molecular flexibility index (Phi) is 4.68. The molecule has 0 atom stereocenters. The second-order valence-electron chi connectivity index (χ2n) is 6.85. The van der Waals surface area contributed by atoms with Crippen molar-refractivity contribution in [3.63, 3.8) is 0 Å². The van der Waals surface area contributed by atoms with Crippen LogP contribution < -0.4 is 4.74 Å². The number of carbonyl (C=O) groups excluding carboxylic acids is 2. The van der Waals surface area contributed by atoms with Crippen molar-refractivity contribution in [2.75, 3.05) is 26.7 Å². The Hall–Kier alpha value is -3.42. The molecule has 8 nitrogen and oxygen atoms in total. The van der Waals surface area contributed by atoms with E-state index in [9.17, 15) is 9.59 Å². The van der Waals surface area contributed by atoms with E-state index >= 15 is 0 Å². The van der Waals surface area contributed by atoms with Crippen LogP contribution in [0.25, 0.3) is 5.65 Å². The van der Waals surface area contributed by atoms with Crippen LogP contribution in [-0.4, -0.2) is 63.0 Å². The van der Waals surface area contributed by atoms with E-state index in [1.165, 1.54) is 6.20 Å². The van der Waals surface area contributed by atoms with Crippen molar-refractivity contribution >= 4 is 17.5 Å². The van der Waals surface area contributed by atoms with Crippen molar-refractivity contribution in [1.29, 1.82) is 0 Å². The number of carbonyl (C=O) groups is 2. The second kappa shape index (κ2) is 7.30. The van der Waals surface area contributed by atoms with E-state index < -0.39 is 0 Å². The summed E-state index contributed by atoms with van der Waals surface area (Å²) in [5, 5.41) is 4.20. The summed E-state index contributed by atoms with van der Waals surface area (Å²) in [6.07, 6.45) is 5.03. The molecular formula is C20H21N5O3. The van der Waals surface area contributed by atoms with Gasteiger partial charge in [-0.1, -0.05) is 12.1 Å². The Morgan fingerprint density at radius 1 is 1.25 bits per heavy atom. The molecule has 2 amide bonds. The van der Waals surface area contributed by atoms with Gasteiger partial charge in [-0.15, -0.1) is 0 Å². The van der Waals surface area contributed by atoms with Crippen LogP contribution in [0.2, 0.25) is 0 Å². The second-order valence-corrected chi connectivity index (χ2v) is 6.85. The average molecular weight is 379 g/mol. The minimum absolute atomic E-state index is 0.0476. The molecule has 1 aliphatic rings. The van der Waals surface area contributed by atoms with Crippen LogP contribution in [0.15, 0.2) is 42.9 Å². The fourth-order valence-corrected chi connectivity index (χ4v) is 3.33. The molecule has 0 saturated carbocycles. The molecule has 3 aromatic rings. The summed E-state index contributed by atoms with van der Waals surface area (Å²) in [5.41, 5.74) is 2.86. The Labute approximate surface area is 162 Å². The zero-order chi connectivity index (χ0) is 19.7. The molecule has 2 aromatic heterocycles. The number of hydrogen-bond acceptors (Lipinski definition) is 5. The summed E-state index contributed by atoms with van der Waals surface area (Å²) in [6.45, 7) is 3.41. The van der Waals surface area contributed by atoms with E-state index in [0.29, 0.717) is 30.8 Å². The van der Waals surface area contributed by atoms with E-state index in [2.05, 4.69) is 10.1 Å². The minimum Gasteiger partial charge on any atom is -0.497 e. The molecule has 0 aliphatic carbocycles. The predicted molar refractivity (Wildman–Crippen MR) is 102 cm³/mol. The molecule has 0 radical (unpaired) electrons. The highest BCUT2D eigenvalue weighted by Crippen LogP contribution is 2.18. The van der Waals surface area contributed by atoms with Gasteiger partial charge in [-0.3, -0.25) is 9.59 Å². The number of aryl methyl sites for hydroxylation is 1. The van der Waals surface area contributed by atoms with Crippen molar-refractivity contribution in [2.24, 2.45) is 0 Å². The van der Waals surface area contributed by atoms with Crippen molar-refractivity contribution in [2.45, 2.75) is 13.5 Å². The largest absolute Gasteiger partial charge is 0.497 e. The van der Waals surface area contributed by atoms with Gasteiger partial charge in [0, 0.05) is 32.0 Å². The van der Waals surface area contributed by atoms with Crippen LogP contribution in [0.4, 0.5) is 0 Å². The molecule has 8 heteroatoms. The van der Waals surface area contributed by atoms with Crippen LogP contribution in [0.1, 0.15) is 21.5 Å². The number of ether oxygens (including phenoxy) is 1. The molecule has 0 bridgehead atoms. The summed E-state index contributed by atoms with van der Waals surface area (Å²) in [7, 11) is 1.62. The van der Waals surface area contributed by atoms with Gasteiger partial charge in [0.2, 0.25) is 5.91 Å². The lowest BCUT2D eigenvalue weighted by Crippen LogP contribution is -2.51. The van der Waals surface area contributed by atoms with Gasteiger partial charge in [0.15, 0.2) is 5.65 Å². The zero-order valence-corrected chi connectivity index (χ0v) is 15.8. The quantitative estimate of drug-likeness (QED) is 0.687. The number of methoxy groups -OCH3 is 1. The normalized spacial score (nSPS) is 14.6. The molecule has 4 rings (SSSR count). The highest BCUT2D eigenvalue weighted by atomic mass is 16.5. The van der Waals surface area contributed by atoms with E-state index in [1.807, 2.05) is 37.4 Å². The Bertz CT molecular complexity index is 1050. The van der Waals surface area contributed by atoms with Crippen LogP contribution >= 0.6 is 0 Å². The summed E-state index contributed by atoms with van der Waals surface area (Å²) >= 11 is 0. The number of aromatic nitrogens is 3. The Morgan fingerprint density at radius 2 is 2.11 bits per heavy atom. The van der Waals surface area contributed by atoms with Gasteiger partial charge in [-0.05, 0) is 30.2 Å². The lowest BCUT2D eigenvalue weighted by atomic mass is 10.1. The number of amides is 2. The lowest BCUT2D eigenvalue weighted by molar-refractivity contribution is -0.135. The van der Waals surface area contributed by atoms with Crippen LogP contribution in [0.3, 0.4) is 0 Å². The maximum absolute atomic E-state index is 12.9.